The van der Waals surface area contributed by atoms with Gasteiger partial charge in [0.15, 0.2) is 0 Å². The van der Waals surface area contributed by atoms with Crippen LogP contribution >= 0.6 is 0 Å². The molecule has 12 heteroatoms. The molecule has 4 amide bonds. The predicted molar refractivity (Wildman–Crippen MR) is 111 cm³/mol. The summed E-state index contributed by atoms with van der Waals surface area (Å²) in [5.41, 5.74) is 10.7. The van der Waals surface area contributed by atoms with Gasteiger partial charge in [0.05, 0.1) is 12.1 Å². The molecule has 5 atom stereocenters. The highest BCUT2D eigenvalue weighted by Crippen LogP contribution is 2.08. The molecular formula is C19H35N5O7. The Kier molecular flexibility index (Phi) is 11.7. The van der Waals surface area contributed by atoms with Crippen LogP contribution in [0.2, 0.25) is 0 Å². The first-order chi connectivity index (χ1) is 14.2. The summed E-state index contributed by atoms with van der Waals surface area (Å²) < 4.78 is 0. The molecule has 0 aromatic heterocycles. The van der Waals surface area contributed by atoms with E-state index in [2.05, 4.69) is 16.0 Å². The third-order valence-corrected chi connectivity index (χ3v) is 4.58. The minimum atomic E-state index is -1.43. The van der Waals surface area contributed by atoms with Crippen molar-refractivity contribution in [2.45, 2.75) is 77.7 Å². The second-order valence-corrected chi connectivity index (χ2v) is 8.14. The van der Waals surface area contributed by atoms with Crippen LogP contribution in [0.25, 0.3) is 0 Å². The summed E-state index contributed by atoms with van der Waals surface area (Å²) >= 11 is 0. The summed E-state index contributed by atoms with van der Waals surface area (Å²) in [5.74, 6) is -5.01. The van der Waals surface area contributed by atoms with Crippen LogP contribution in [0.5, 0.6) is 0 Å². The van der Waals surface area contributed by atoms with Gasteiger partial charge in [-0.25, -0.2) is 4.79 Å². The average molecular weight is 446 g/mol. The number of aliphatic hydroxyl groups excluding tert-OH is 1. The first-order valence-electron chi connectivity index (χ1n) is 10.0. The summed E-state index contributed by atoms with van der Waals surface area (Å²) in [6, 6.07) is -4.83. The number of aliphatic carboxylic acids is 1. The van der Waals surface area contributed by atoms with Crippen molar-refractivity contribution in [3.8, 4) is 0 Å². The number of carbonyl (C=O) groups is 5. The molecule has 0 saturated heterocycles. The third kappa shape index (κ3) is 9.75. The van der Waals surface area contributed by atoms with Crippen molar-refractivity contribution in [2.24, 2.45) is 23.3 Å². The average Bonchev–Trinajstić information content (AvgIpc) is 2.64. The maximum absolute atomic E-state index is 12.7. The molecular weight excluding hydrogens is 410 g/mol. The number of aliphatic hydroxyl groups is 1. The highest BCUT2D eigenvalue weighted by Gasteiger charge is 2.34. The lowest BCUT2D eigenvalue weighted by Crippen LogP contribution is -2.61. The van der Waals surface area contributed by atoms with Gasteiger partial charge < -0.3 is 37.6 Å². The molecule has 178 valence electrons. The number of hydrogen-bond acceptors (Lipinski definition) is 7. The topological polar surface area (TPSA) is 214 Å². The highest BCUT2D eigenvalue weighted by atomic mass is 16.4. The van der Waals surface area contributed by atoms with Gasteiger partial charge in [-0.05, 0) is 25.2 Å². The van der Waals surface area contributed by atoms with Crippen LogP contribution in [0.4, 0.5) is 0 Å². The van der Waals surface area contributed by atoms with Gasteiger partial charge in [0.1, 0.15) is 18.1 Å². The zero-order valence-corrected chi connectivity index (χ0v) is 18.5. The van der Waals surface area contributed by atoms with Gasteiger partial charge in [0.2, 0.25) is 23.6 Å². The minimum absolute atomic E-state index is 0.0435. The van der Waals surface area contributed by atoms with Crippen molar-refractivity contribution >= 4 is 29.6 Å². The molecule has 0 aliphatic heterocycles. The monoisotopic (exact) mass is 445 g/mol. The van der Waals surface area contributed by atoms with E-state index < -0.39 is 71.7 Å². The molecule has 0 aliphatic carbocycles. The normalized spacial score (nSPS) is 16.0. The second kappa shape index (κ2) is 12.8. The van der Waals surface area contributed by atoms with Gasteiger partial charge >= 0.3 is 5.97 Å². The fraction of sp³-hybridized carbons (Fsp3) is 0.737. The van der Waals surface area contributed by atoms with Gasteiger partial charge in [-0.2, -0.15) is 0 Å². The third-order valence-electron chi connectivity index (χ3n) is 4.58. The van der Waals surface area contributed by atoms with E-state index in [9.17, 15) is 34.2 Å². The predicted octanol–water partition coefficient (Wildman–Crippen LogP) is -2.19. The van der Waals surface area contributed by atoms with Crippen LogP contribution in [0.3, 0.4) is 0 Å². The Hall–Kier alpha value is -2.73. The molecule has 0 fully saturated rings. The van der Waals surface area contributed by atoms with E-state index in [0.717, 1.165) is 0 Å². The number of nitrogens with one attached hydrogen (secondary N) is 3. The molecule has 0 radical (unpaired) electrons. The number of carboxylic acid groups (broad SMARTS) is 1. The van der Waals surface area contributed by atoms with E-state index in [0.29, 0.717) is 0 Å². The number of hydrogen-bond donors (Lipinski definition) is 7. The molecule has 31 heavy (non-hydrogen) atoms. The van der Waals surface area contributed by atoms with E-state index >= 15 is 0 Å². The van der Waals surface area contributed by atoms with Gasteiger partial charge in [-0.3, -0.25) is 19.2 Å². The SMILES string of the molecule is CC(C)C(NC(=O)C(NC(=O)C(NC(=O)C(N)CCC(N)=O)C(C)O)C(C)C)C(=O)O. The zero-order valence-electron chi connectivity index (χ0n) is 18.5. The smallest absolute Gasteiger partial charge is 0.326 e. The van der Waals surface area contributed by atoms with Gasteiger partial charge in [-0.1, -0.05) is 27.7 Å². The van der Waals surface area contributed by atoms with Crippen LogP contribution in [-0.2, 0) is 24.0 Å². The van der Waals surface area contributed by atoms with E-state index in [1.54, 1.807) is 27.7 Å². The van der Waals surface area contributed by atoms with Crippen molar-refractivity contribution in [2.75, 3.05) is 0 Å². The minimum Gasteiger partial charge on any atom is -0.480 e. The van der Waals surface area contributed by atoms with Crippen LogP contribution in [0.1, 0.15) is 47.5 Å². The van der Waals surface area contributed by atoms with Gasteiger partial charge in [0, 0.05) is 6.42 Å². The van der Waals surface area contributed by atoms with E-state index in [1.165, 1.54) is 6.92 Å². The first-order valence-corrected chi connectivity index (χ1v) is 10.0. The molecule has 0 heterocycles. The fourth-order valence-electron chi connectivity index (χ4n) is 2.63. The van der Waals surface area contributed by atoms with E-state index in [-0.39, 0.29) is 12.8 Å². The molecule has 5 unspecified atom stereocenters. The van der Waals surface area contributed by atoms with Crippen molar-refractivity contribution in [3.05, 3.63) is 0 Å². The van der Waals surface area contributed by atoms with Crippen molar-refractivity contribution < 1.29 is 34.2 Å². The number of rotatable bonds is 13. The summed E-state index contributed by atoms with van der Waals surface area (Å²) in [5, 5.41) is 26.3. The number of nitrogens with two attached hydrogens (primary N) is 2. The lowest BCUT2D eigenvalue weighted by molar-refractivity contribution is -0.144. The Morgan fingerprint density at radius 3 is 1.58 bits per heavy atom. The number of carbonyl (C=O) groups excluding carboxylic acids is 4. The van der Waals surface area contributed by atoms with E-state index in [4.69, 9.17) is 11.5 Å². The Labute approximate surface area is 181 Å². The summed E-state index contributed by atoms with van der Waals surface area (Å²) in [7, 11) is 0. The molecule has 0 saturated carbocycles. The quantitative estimate of drug-likeness (QED) is 0.165. The second-order valence-electron chi connectivity index (χ2n) is 8.14. The highest BCUT2D eigenvalue weighted by molar-refractivity contribution is 5.94. The summed E-state index contributed by atoms with van der Waals surface area (Å²) in [6.07, 6.45) is -1.50. The Morgan fingerprint density at radius 2 is 1.19 bits per heavy atom. The van der Waals surface area contributed by atoms with Gasteiger partial charge in [-0.15, -0.1) is 0 Å². The summed E-state index contributed by atoms with van der Waals surface area (Å²) in [4.78, 5) is 59.7. The molecule has 0 aliphatic rings. The van der Waals surface area contributed by atoms with Crippen molar-refractivity contribution in [1.82, 2.24) is 16.0 Å². The van der Waals surface area contributed by atoms with Crippen LogP contribution in [0, 0.1) is 11.8 Å². The lowest BCUT2D eigenvalue weighted by atomic mass is 9.99. The first kappa shape index (κ1) is 28.3. The zero-order chi connectivity index (χ0) is 24.5. The molecule has 0 bridgehead atoms. The van der Waals surface area contributed by atoms with Crippen molar-refractivity contribution in [1.29, 1.82) is 0 Å². The number of carboxylic acids is 1. The van der Waals surface area contributed by atoms with Gasteiger partial charge in [0.25, 0.3) is 0 Å². The van der Waals surface area contributed by atoms with Crippen molar-refractivity contribution in [3.63, 3.8) is 0 Å². The number of primary amides is 1. The number of amides is 4. The Bertz CT molecular complexity index is 666. The van der Waals surface area contributed by atoms with Crippen LogP contribution < -0.4 is 27.4 Å². The van der Waals surface area contributed by atoms with Crippen LogP contribution in [0.15, 0.2) is 0 Å². The largest absolute Gasteiger partial charge is 0.480 e. The molecule has 9 N–H and O–H groups in total. The summed E-state index contributed by atoms with van der Waals surface area (Å²) in [6.45, 7) is 7.81. The molecule has 0 aromatic carbocycles. The maximum atomic E-state index is 12.7. The standard InChI is InChI=1S/C19H35N5O7/c1-8(2)13(17(28)23-14(9(3)4)19(30)31)22-18(29)15(10(5)25)24-16(27)11(20)6-7-12(21)26/h8-11,13-15,25H,6-7,20H2,1-5H3,(H2,21,26)(H,22,29)(H,23,28)(H,24,27)(H,30,31). The Balaban J connectivity index is 5.31. The molecule has 0 rings (SSSR count). The lowest BCUT2D eigenvalue weighted by Gasteiger charge is -2.28. The van der Waals surface area contributed by atoms with E-state index in [1.807, 2.05) is 0 Å². The van der Waals surface area contributed by atoms with Crippen LogP contribution in [-0.4, -0.2) is 70.1 Å². The maximum Gasteiger partial charge on any atom is 0.326 e. The molecule has 12 nitrogen and oxygen atoms in total. The Morgan fingerprint density at radius 1 is 0.774 bits per heavy atom. The molecule has 0 spiro atoms. The molecule has 0 aromatic rings. The fourth-order valence-corrected chi connectivity index (χ4v) is 2.63.